The Morgan fingerprint density at radius 1 is 1.12 bits per heavy atom. The molecule has 0 bridgehead atoms. The summed E-state index contributed by atoms with van der Waals surface area (Å²) in [4.78, 5) is 26.3. The second-order valence-corrected chi connectivity index (χ2v) is 4.04. The van der Waals surface area contributed by atoms with Crippen molar-refractivity contribution in [3.63, 3.8) is 0 Å². The zero-order chi connectivity index (χ0) is 11.5. The summed E-state index contributed by atoms with van der Waals surface area (Å²) >= 11 is 3.32. The molecule has 16 heavy (non-hydrogen) atoms. The number of nitrogens with one attached hydrogen (secondary N) is 2. The number of rotatable bonds is 1. The summed E-state index contributed by atoms with van der Waals surface area (Å²) in [6.07, 6.45) is -0.158. The minimum Gasteiger partial charge on any atom is -0.296 e. The van der Waals surface area contributed by atoms with Crippen LogP contribution in [0.25, 0.3) is 0 Å². The quantitative estimate of drug-likeness (QED) is 0.756. The highest BCUT2D eigenvalue weighted by molar-refractivity contribution is 9.10. The number of benzene rings is 1. The Hall–Kier alpha value is -1.69. The number of carbonyl (C=O) groups excluding carboxylic acids is 2. The van der Waals surface area contributed by atoms with Gasteiger partial charge >= 0.3 is 0 Å². The van der Waals surface area contributed by atoms with Crippen LogP contribution in [0.2, 0.25) is 0 Å². The molecule has 2 N–H and O–H groups in total. The highest BCUT2D eigenvalue weighted by Gasteiger charge is 2.19. The lowest BCUT2D eigenvalue weighted by Gasteiger charge is -2.15. The van der Waals surface area contributed by atoms with Crippen LogP contribution in [0, 0.1) is 0 Å². The molecule has 1 heterocycles. The van der Waals surface area contributed by atoms with Gasteiger partial charge in [-0.25, -0.2) is 4.99 Å². The fraction of sp³-hybridized carbons (Fsp3) is 0.100. The van der Waals surface area contributed by atoms with Gasteiger partial charge in [0.15, 0.2) is 0 Å². The molecule has 0 unspecified atom stereocenters. The monoisotopic (exact) mass is 281 g/mol. The van der Waals surface area contributed by atoms with Crippen LogP contribution in [0.15, 0.2) is 33.7 Å². The summed E-state index contributed by atoms with van der Waals surface area (Å²) < 4.78 is 0.788. The molecule has 1 aliphatic heterocycles. The third kappa shape index (κ3) is 2.46. The number of aliphatic imine (C=N–C) groups is 1. The Kier molecular flexibility index (Phi) is 3.00. The molecule has 0 aliphatic carbocycles. The van der Waals surface area contributed by atoms with Gasteiger partial charge in [0, 0.05) is 4.47 Å². The number of para-hydroxylation sites is 1. The van der Waals surface area contributed by atoms with Gasteiger partial charge in [-0.3, -0.25) is 20.2 Å². The van der Waals surface area contributed by atoms with Crippen molar-refractivity contribution >= 4 is 39.4 Å². The summed E-state index contributed by atoms with van der Waals surface area (Å²) in [7, 11) is 0. The maximum atomic E-state index is 11.1. The Morgan fingerprint density at radius 3 is 2.38 bits per heavy atom. The van der Waals surface area contributed by atoms with E-state index < -0.39 is 0 Å². The van der Waals surface area contributed by atoms with Crippen LogP contribution in [0.4, 0.5) is 5.69 Å². The number of amides is 2. The van der Waals surface area contributed by atoms with Gasteiger partial charge in [0.05, 0.1) is 5.69 Å². The predicted molar refractivity (Wildman–Crippen MR) is 62.1 cm³/mol. The molecule has 2 rings (SSSR count). The van der Waals surface area contributed by atoms with Crippen LogP contribution in [-0.4, -0.2) is 17.8 Å². The molecule has 6 heteroatoms. The largest absolute Gasteiger partial charge is 0.296 e. The van der Waals surface area contributed by atoms with E-state index in [0.717, 1.165) is 4.47 Å². The summed E-state index contributed by atoms with van der Waals surface area (Å²) in [5, 5.41) is 4.96. The van der Waals surface area contributed by atoms with Gasteiger partial charge < -0.3 is 0 Å². The maximum absolute atomic E-state index is 11.1. The van der Waals surface area contributed by atoms with E-state index in [2.05, 4.69) is 31.6 Å². The smallest absolute Gasteiger partial charge is 0.236 e. The molecule has 1 saturated heterocycles. The van der Waals surface area contributed by atoms with E-state index in [1.54, 1.807) is 6.07 Å². The minimum absolute atomic E-state index is 0.158. The average Bonchev–Trinajstić information content (AvgIpc) is 2.20. The second-order valence-electron chi connectivity index (χ2n) is 3.18. The summed E-state index contributed by atoms with van der Waals surface area (Å²) in [5.41, 5.74) is 0.639. The van der Waals surface area contributed by atoms with Crippen molar-refractivity contribution in [1.82, 2.24) is 10.6 Å². The molecule has 0 saturated carbocycles. The van der Waals surface area contributed by atoms with Gasteiger partial charge in [-0.2, -0.15) is 0 Å². The molecule has 1 aromatic carbocycles. The number of hydrogen-bond acceptors (Lipinski definition) is 3. The van der Waals surface area contributed by atoms with Crippen molar-refractivity contribution in [2.24, 2.45) is 4.99 Å². The first-order valence-corrected chi connectivity index (χ1v) is 5.37. The van der Waals surface area contributed by atoms with Crippen LogP contribution in [0.3, 0.4) is 0 Å². The molecule has 0 spiro atoms. The zero-order valence-electron chi connectivity index (χ0n) is 8.16. The number of carbonyl (C=O) groups is 2. The van der Waals surface area contributed by atoms with Crippen molar-refractivity contribution < 1.29 is 9.59 Å². The van der Waals surface area contributed by atoms with Crippen LogP contribution in [-0.2, 0) is 9.59 Å². The Balaban J connectivity index is 2.27. The molecule has 1 aliphatic rings. The second kappa shape index (κ2) is 4.44. The fourth-order valence-corrected chi connectivity index (χ4v) is 1.62. The summed E-state index contributed by atoms with van der Waals surface area (Å²) in [5.74, 6) is -0.544. The molecule has 82 valence electrons. The molecule has 0 aromatic heterocycles. The normalized spacial score (nSPS) is 15.4. The Labute approximate surface area is 100 Å². The number of nitrogens with zero attached hydrogens (tertiary/aromatic N) is 1. The molecule has 0 atom stereocenters. The SMILES string of the molecule is O=C1CC(=O)NC(=Nc2ccccc2Br)N1. The Morgan fingerprint density at radius 2 is 1.75 bits per heavy atom. The highest BCUT2D eigenvalue weighted by atomic mass is 79.9. The van der Waals surface area contributed by atoms with Crippen molar-refractivity contribution in [1.29, 1.82) is 0 Å². The van der Waals surface area contributed by atoms with Crippen LogP contribution in [0.5, 0.6) is 0 Å². The lowest BCUT2D eigenvalue weighted by atomic mass is 10.3. The van der Waals surface area contributed by atoms with Crippen LogP contribution in [0.1, 0.15) is 6.42 Å². The lowest BCUT2D eigenvalue weighted by Crippen LogP contribution is -2.50. The van der Waals surface area contributed by atoms with Crippen molar-refractivity contribution in [2.75, 3.05) is 0 Å². The molecule has 2 amide bonds. The molecule has 1 aromatic rings. The van der Waals surface area contributed by atoms with Gasteiger partial charge in [-0.15, -0.1) is 0 Å². The van der Waals surface area contributed by atoms with Crippen molar-refractivity contribution in [3.05, 3.63) is 28.7 Å². The first-order valence-electron chi connectivity index (χ1n) is 4.58. The summed E-state index contributed by atoms with van der Waals surface area (Å²) in [6.45, 7) is 0. The van der Waals surface area contributed by atoms with Crippen LogP contribution < -0.4 is 10.6 Å². The van der Waals surface area contributed by atoms with E-state index >= 15 is 0 Å². The average molecular weight is 282 g/mol. The molecular weight excluding hydrogens is 274 g/mol. The van der Waals surface area contributed by atoms with Crippen molar-refractivity contribution in [3.8, 4) is 0 Å². The van der Waals surface area contributed by atoms with Gasteiger partial charge in [-0.05, 0) is 28.1 Å². The number of halogens is 1. The van der Waals surface area contributed by atoms with Gasteiger partial charge in [0.1, 0.15) is 6.42 Å². The van der Waals surface area contributed by atoms with E-state index in [1.165, 1.54) is 0 Å². The third-order valence-electron chi connectivity index (χ3n) is 1.92. The fourth-order valence-electron chi connectivity index (χ4n) is 1.25. The number of hydrogen-bond donors (Lipinski definition) is 2. The third-order valence-corrected chi connectivity index (χ3v) is 2.59. The standard InChI is InChI=1S/C10H8BrN3O2/c11-6-3-1-2-4-7(6)12-10-13-8(15)5-9(16)14-10/h1-4H,5H2,(H2,12,13,14,15,16). The molecule has 5 nitrogen and oxygen atoms in total. The Bertz CT molecular complexity index is 467. The van der Waals surface area contributed by atoms with E-state index in [4.69, 9.17) is 0 Å². The zero-order valence-corrected chi connectivity index (χ0v) is 9.74. The van der Waals surface area contributed by atoms with Crippen molar-refractivity contribution in [2.45, 2.75) is 6.42 Å². The van der Waals surface area contributed by atoms with E-state index in [-0.39, 0.29) is 24.2 Å². The topological polar surface area (TPSA) is 70.6 Å². The first kappa shape index (κ1) is 10.8. The predicted octanol–water partition coefficient (Wildman–Crippen LogP) is 1.07. The van der Waals surface area contributed by atoms with E-state index in [9.17, 15) is 9.59 Å². The maximum Gasteiger partial charge on any atom is 0.236 e. The van der Waals surface area contributed by atoms with E-state index in [1.807, 2.05) is 18.2 Å². The first-order chi connectivity index (χ1) is 7.65. The molecular formula is C10H8BrN3O2. The van der Waals surface area contributed by atoms with Crippen LogP contribution >= 0.6 is 15.9 Å². The minimum atomic E-state index is -0.352. The van der Waals surface area contributed by atoms with E-state index in [0.29, 0.717) is 5.69 Å². The molecule has 0 radical (unpaired) electrons. The van der Waals surface area contributed by atoms with Gasteiger partial charge in [-0.1, -0.05) is 12.1 Å². The lowest BCUT2D eigenvalue weighted by molar-refractivity contribution is -0.129. The molecule has 1 fully saturated rings. The summed E-state index contributed by atoms with van der Waals surface area (Å²) in [6, 6.07) is 7.26. The number of guanidine groups is 1. The van der Waals surface area contributed by atoms with Gasteiger partial charge in [0.25, 0.3) is 0 Å². The highest BCUT2D eigenvalue weighted by Crippen LogP contribution is 2.24. The van der Waals surface area contributed by atoms with Gasteiger partial charge in [0.2, 0.25) is 17.8 Å².